The highest BCUT2D eigenvalue weighted by atomic mass is 28.3. The van der Waals surface area contributed by atoms with Crippen LogP contribution in [0.15, 0.2) is 48.5 Å². The summed E-state index contributed by atoms with van der Waals surface area (Å²) < 4.78 is 10.6. The molecule has 2 rings (SSSR count). The van der Waals surface area contributed by atoms with Gasteiger partial charge in [0, 0.05) is 0 Å². The minimum absolute atomic E-state index is 0.0356. The summed E-state index contributed by atoms with van der Waals surface area (Å²) in [6, 6.07) is 16.5. The van der Waals surface area contributed by atoms with E-state index >= 15 is 0 Å². The first-order valence-electron chi connectivity index (χ1n) is 7.06. The molecule has 0 aliphatic carbocycles. The van der Waals surface area contributed by atoms with Gasteiger partial charge in [-0.25, -0.2) is 0 Å². The number of aliphatic hydroxyl groups excluding tert-OH is 1. The Morgan fingerprint density at radius 1 is 0.857 bits per heavy atom. The Kier molecular flexibility index (Phi) is 5.04. The van der Waals surface area contributed by atoms with Gasteiger partial charge in [-0.1, -0.05) is 47.7 Å². The van der Waals surface area contributed by atoms with Crippen molar-refractivity contribution in [3.05, 3.63) is 48.5 Å². The van der Waals surface area contributed by atoms with Crippen molar-refractivity contribution in [1.29, 1.82) is 0 Å². The smallest absolute Gasteiger partial charge is 0.119 e. The van der Waals surface area contributed by atoms with Gasteiger partial charge in [-0.15, -0.1) is 0 Å². The molecule has 0 aliphatic heterocycles. The Hall–Kier alpha value is -1.78. The first kappa shape index (κ1) is 15.6. The fraction of sp³-hybridized carbons (Fsp3) is 0.294. The van der Waals surface area contributed by atoms with Crippen LogP contribution in [0.4, 0.5) is 0 Å². The molecule has 0 aliphatic rings. The molecule has 0 atom stereocenters. The largest absolute Gasteiger partial charge is 0.497 e. The summed E-state index contributed by atoms with van der Waals surface area (Å²) in [5, 5.41) is 11.5. The van der Waals surface area contributed by atoms with E-state index in [4.69, 9.17) is 14.6 Å². The van der Waals surface area contributed by atoms with Gasteiger partial charge < -0.3 is 14.6 Å². The number of rotatable bonds is 6. The van der Waals surface area contributed by atoms with Crippen molar-refractivity contribution in [2.24, 2.45) is 0 Å². The summed E-state index contributed by atoms with van der Waals surface area (Å²) in [6.07, 6.45) is 0. The van der Waals surface area contributed by atoms with Crippen LogP contribution < -0.4 is 19.8 Å². The van der Waals surface area contributed by atoms with Gasteiger partial charge in [0.2, 0.25) is 0 Å². The minimum Gasteiger partial charge on any atom is -0.497 e. The standard InChI is InChI=1S/C17H22O3Si/c1-19-14-4-8-16(9-5-14)21(2,3)17-10-6-15(7-11-17)20-13-12-18/h4-11,18H,12-13H2,1-3H3. The Bertz CT molecular complexity index is 562. The van der Waals surface area contributed by atoms with Gasteiger partial charge in [-0.2, -0.15) is 0 Å². The Balaban J connectivity index is 2.21. The van der Waals surface area contributed by atoms with Crippen molar-refractivity contribution in [2.45, 2.75) is 13.1 Å². The van der Waals surface area contributed by atoms with Crippen LogP contribution in [0.25, 0.3) is 0 Å². The molecular formula is C17H22O3Si. The van der Waals surface area contributed by atoms with E-state index in [9.17, 15) is 0 Å². The zero-order valence-electron chi connectivity index (χ0n) is 12.8. The Morgan fingerprint density at radius 3 is 1.76 bits per heavy atom. The predicted molar refractivity (Wildman–Crippen MR) is 88.8 cm³/mol. The number of hydrogen-bond acceptors (Lipinski definition) is 3. The van der Waals surface area contributed by atoms with Gasteiger partial charge in [-0.05, 0) is 24.3 Å². The zero-order chi connectivity index (χ0) is 15.3. The molecule has 112 valence electrons. The molecule has 0 saturated carbocycles. The van der Waals surface area contributed by atoms with Crippen LogP contribution in [-0.2, 0) is 0 Å². The molecule has 0 spiro atoms. The maximum absolute atomic E-state index is 8.77. The maximum atomic E-state index is 8.77. The van der Waals surface area contributed by atoms with E-state index in [2.05, 4.69) is 37.4 Å². The van der Waals surface area contributed by atoms with Crippen molar-refractivity contribution in [3.63, 3.8) is 0 Å². The average Bonchev–Trinajstić information content (AvgIpc) is 2.53. The highest BCUT2D eigenvalue weighted by Crippen LogP contribution is 2.13. The zero-order valence-corrected chi connectivity index (χ0v) is 13.8. The average molecular weight is 302 g/mol. The van der Waals surface area contributed by atoms with Crippen molar-refractivity contribution < 1.29 is 14.6 Å². The summed E-state index contributed by atoms with van der Waals surface area (Å²) in [5.74, 6) is 1.68. The number of aliphatic hydroxyl groups is 1. The molecule has 4 heteroatoms. The molecule has 0 radical (unpaired) electrons. The van der Waals surface area contributed by atoms with Crippen LogP contribution in [-0.4, -0.2) is 33.5 Å². The molecule has 0 heterocycles. The molecule has 0 fully saturated rings. The maximum Gasteiger partial charge on any atom is 0.119 e. The number of benzene rings is 2. The van der Waals surface area contributed by atoms with Crippen molar-refractivity contribution in [3.8, 4) is 11.5 Å². The van der Waals surface area contributed by atoms with Gasteiger partial charge in [0.15, 0.2) is 0 Å². The number of hydrogen-bond donors (Lipinski definition) is 1. The van der Waals surface area contributed by atoms with E-state index in [-0.39, 0.29) is 6.61 Å². The lowest BCUT2D eigenvalue weighted by Crippen LogP contribution is -2.52. The molecular weight excluding hydrogens is 280 g/mol. The lowest BCUT2D eigenvalue weighted by atomic mass is 10.3. The SMILES string of the molecule is COc1ccc([Si](C)(C)c2ccc(OCCO)cc2)cc1. The van der Waals surface area contributed by atoms with Crippen molar-refractivity contribution in [1.82, 2.24) is 0 Å². The van der Waals surface area contributed by atoms with E-state index in [0.29, 0.717) is 6.61 Å². The lowest BCUT2D eigenvalue weighted by molar-refractivity contribution is 0.201. The van der Waals surface area contributed by atoms with Gasteiger partial charge in [0.05, 0.1) is 13.7 Å². The van der Waals surface area contributed by atoms with Crippen LogP contribution in [0.2, 0.25) is 13.1 Å². The fourth-order valence-corrected chi connectivity index (χ4v) is 4.64. The van der Waals surface area contributed by atoms with Crippen molar-refractivity contribution >= 4 is 18.4 Å². The molecule has 0 saturated heterocycles. The summed E-state index contributed by atoms with van der Waals surface area (Å²) in [5.41, 5.74) is 0. The van der Waals surface area contributed by atoms with E-state index in [1.165, 1.54) is 10.4 Å². The predicted octanol–water partition coefficient (Wildman–Crippen LogP) is 1.89. The van der Waals surface area contributed by atoms with Crippen LogP contribution in [0, 0.1) is 0 Å². The monoisotopic (exact) mass is 302 g/mol. The molecule has 1 N–H and O–H groups in total. The minimum atomic E-state index is -1.71. The molecule has 0 aromatic heterocycles. The Labute approximate surface area is 127 Å². The second-order valence-corrected chi connectivity index (χ2v) is 9.85. The van der Waals surface area contributed by atoms with E-state index < -0.39 is 8.07 Å². The molecule has 3 nitrogen and oxygen atoms in total. The van der Waals surface area contributed by atoms with Gasteiger partial charge in [-0.3, -0.25) is 0 Å². The van der Waals surface area contributed by atoms with Gasteiger partial charge in [0.1, 0.15) is 26.2 Å². The second kappa shape index (κ2) is 6.78. The fourth-order valence-electron chi connectivity index (χ4n) is 2.31. The molecule has 0 unspecified atom stereocenters. The Morgan fingerprint density at radius 2 is 1.33 bits per heavy atom. The summed E-state index contributed by atoms with van der Waals surface area (Å²) in [7, 11) is -0.0227. The summed E-state index contributed by atoms with van der Waals surface area (Å²) in [6.45, 7) is 5.03. The number of ether oxygens (including phenoxy) is 2. The van der Waals surface area contributed by atoms with Gasteiger partial charge in [0.25, 0.3) is 0 Å². The molecule has 0 amide bonds. The van der Waals surface area contributed by atoms with Crippen LogP contribution >= 0.6 is 0 Å². The topological polar surface area (TPSA) is 38.7 Å². The van der Waals surface area contributed by atoms with Crippen LogP contribution in [0.5, 0.6) is 11.5 Å². The van der Waals surface area contributed by atoms with Crippen LogP contribution in [0.3, 0.4) is 0 Å². The molecule has 21 heavy (non-hydrogen) atoms. The van der Waals surface area contributed by atoms with Crippen LogP contribution in [0.1, 0.15) is 0 Å². The highest BCUT2D eigenvalue weighted by Gasteiger charge is 2.25. The second-order valence-electron chi connectivity index (χ2n) is 5.45. The molecule has 2 aromatic rings. The first-order chi connectivity index (χ1) is 10.1. The summed E-state index contributed by atoms with van der Waals surface area (Å²) in [4.78, 5) is 0. The van der Waals surface area contributed by atoms with E-state index in [1.54, 1.807) is 7.11 Å². The third kappa shape index (κ3) is 3.65. The third-order valence-corrected chi connectivity index (χ3v) is 7.30. The number of methoxy groups -OCH3 is 1. The molecule has 0 bridgehead atoms. The summed E-state index contributed by atoms with van der Waals surface area (Å²) >= 11 is 0. The van der Waals surface area contributed by atoms with E-state index in [0.717, 1.165) is 11.5 Å². The van der Waals surface area contributed by atoms with Gasteiger partial charge >= 0.3 is 0 Å². The normalized spacial score (nSPS) is 11.2. The first-order valence-corrected chi connectivity index (χ1v) is 10.1. The molecule has 2 aromatic carbocycles. The highest BCUT2D eigenvalue weighted by molar-refractivity contribution is 7.00. The quantitative estimate of drug-likeness (QED) is 0.828. The third-order valence-electron chi connectivity index (χ3n) is 3.75. The lowest BCUT2D eigenvalue weighted by Gasteiger charge is -2.24. The van der Waals surface area contributed by atoms with Crippen molar-refractivity contribution in [2.75, 3.05) is 20.3 Å². The van der Waals surface area contributed by atoms with E-state index in [1.807, 2.05) is 24.3 Å².